The Labute approximate surface area is 77.8 Å². The first-order chi connectivity index (χ1) is 6.47. The van der Waals surface area contributed by atoms with Gasteiger partial charge in [0.15, 0.2) is 0 Å². The van der Waals surface area contributed by atoms with Crippen LogP contribution in [-0.4, -0.2) is 9.97 Å². The van der Waals surface area contributed by atoms with Crippen LogP contribution in [0.4, 0.5) is 13.2 Å². The van der Waals surface area contributed by atoms with E-state index in [4.69, 9.17) is 0 Å². The van der Waals surface area contributed by atoms with E-state index >= 15 is 0 Å². The minimum absolute atomic E-state index is 0.482. The second-order valence-corrected chi connectivity index (χ2v) is 3.11. The third-order valence-corrected chi connectivity index (χ3v) is 1.93. The average Bonchev–Trinajstić information content (AvgIpc) is 2.41. The van der Waals surface area contributed by atoms with Gasteiger partial charge in [0.25, 0.3) is 0 Å². The predicted octanol–water partition coefficient (Wildman–Crippen LogP) is 2.89. The summed E-state index contributed by atoms with van der Waals surface area (Å²) in [4.78, 5) is 6.55. The monoisotopic (exact) mass is 200 g/mol. The minimum atomic E-state index is -4.33. The van der Waals surface area contributed by atoms with Gasteiger partial charge < -0.3 is 4.98 Å². The Hall–Kier alpha value is -1.52. The molecule has 2 aromatic rings. The van der Waals surface area contributed by atoms with E-state index in [1.54, 1.807) is 13.0 Å². The number of aromatic amines is 1. The molecule has 0 atom stereocenters. The highest BCUT2D eigenvalue weighted by Gasteiger charge is 2.31. The first kappa shape index (κ1) is 9.05. The highest BCUT2D eigenvalue weighted by atomic mass is 19.4. The Kier molecular flexibility index (Phi) is 1.77. The number of hydrogen-bond donors (Lipinski definition) is 1. The summed E-state index contributed by atoms with van der Waals surface area (Å²) >= 11 is 0. The summed E-state index contributed by atoms with van der Waals surface area (Å²) in [5.74, 6) is 0. The van der Waals surface area contributed by atoms with Gasteiger partial charge in [-0.05, 0) is 19.1 Å². The quantitative estimate of drug-likeness (QED) is 0.695. The molecule has 0 aliphatic heterocycles. The van der Waals surface area contributed by atoms with Crippen molar-refractivity contribution in [2.24, 2.45) is 0 Å². The van der Waals surface area contributed by atoms with Crippen LogP contribution in [-0.2, 0) is 6.18 Å². The SMILES string of the molecule is Cc1cc2cc(C(F)(F)F)cnc2[nH]1. The Morgan fingerprint density at radius 3 is 2.64 bits per heavy atom. The molecular weight excluding hydrogens is 193 g/mol. The van der Waals surface area contributed by atoms with Crippen LogP contribution < -0.4 is 0 Å². The van der Waals surface area contributed by atoms with Gasteiger partial charge in [-0.15, -0.1) is 0 Å². The second kappa shape index (κ2) is 2.73. The lowest BCUT2D eigenvalue weighted by atomic mass is 10.2. The molecule has 0 saturated carbocycles. The molecule has 14 heavy (non-hydrogen) atoms. The first-order valence-electron chi connectivity index (χ1n) is 3.99. The molecule has 0 saturated heterocycles. The Balaban J connectivity index is 2.62. The summed E-state index contributed by atoms with van der Waals surface area (Å²) in [5, 5.41) is 0.484. The third kappa shape index (κ3) is 1.45. The van der Waals surface area contributed by atoms with E-state index in [0.717, 1.165) is 18.0 Å². The van der Waals surface area contributed by atoms with E-state index in [2.05, 4.69) is 9.97 Å². The zero-order valence-corrected chi connectivity index (χ0v) is 7.31. The number of pyridine rings is 1. The van der Waals surface area contributed by atoms with Crippen LogP contribution in [0, 0.1) is 6.92 Å². The van der Waals surface area contributed by atoms with Gasteiger partial charge in [-0.1, -0.05) is 0 Å². The highest BCUT2D eigenvalue weighted by molar-refractivity contribution is 5.77. The molecule has 0 unspecified atom stereocenters. The number of hydrogen-bond acceptors (Lipinski definition) is 1. The lowest BCUT2D eigenvalue weighted by Crippen LogP contribution is -2.04. The van der Waals surface area contributed by atoms with Crippen molar-refractivity contribution in [3.63, 3.8) is 0 Å². The molecule has 0 spiro atoms. The number of aryl methyl sites for hydroxylation is 1. The molecule has 2 nitrogen and oxygen atoms in total. The lowest BCUT2D eigenvalue weighted by molar-refractivity contribution is -0.137. The Morgan fingerprint density at radius 1 is 1.29 bits per heavy atom. The molecule has 2 rings (SSSR count). The zero-order valence-electron chi connectivity index (χ0n) is 7.31. The summed E-state index contributed by atoms with van der Waals surface area (Å²) < 4.78 is 36.8. The first-order valence-corrected chi connectivity index (χ1v) is 3.99. The highest BCUT2D eigenvalue weighted by Crippen LogP contribution is 2.30. The lowest BCUT2D eigenvalue weighted by Gasteiger charge is -2.04. The Morgan fingerprint density at radius 2 is 2.00 bits per heavy atom. The van der Waals surface area contributed by atoms with Gasteiger partial charge in [0.1, 0.15) is 5.65 Å². The van der Waals surface area contributed by atoms with E-state index in [-0.39, 0.29) is 0 Å². The third-order valence-electron chi connectivity index (χ3n) is 1.93. The van der Waals surface area contributed by atoms with Crippen molar-refractivity contribution in [3.05, 3.63) is 29.6 Å². The summed E-state index contributed by atoms with van der Waals surface area (Å²) in [5.41, 5.74) is 0.561. The van der Waals surface area contributed by atoms with Crippen LogP contribution in [0.3, 0.4) is 0 Å². The molecule has 0 amide bonds. The minimum Gasteiger partial charge on any atom is -0.344 e. The molecule has 2 heterocycles. The van der Waals surface area contributed by atoms with Crippen LogP contribution in [0.5, 0.6) is 0 Å². The molecular formula is C9H7F3N2. The summed E-state index contributed by atoms with van der Waals surface area (Å²) in [6.07, 6.45) is -3.50. The Bertz CT molecular complexity index is 470. The largest absolute Gasteiger partial charge is 0.417 e. The molecule has 74 valence electrons. The number of nitrogens with zero attached hydrogens (tertiary/aromatic N) is 1. The van der Waals surface area contributed by atoms with Gasteiger partial charge in [0.2, 0.25) is 0 Å². The number of H-pyrrole nitrogens is 1. The van der Waals surface area contributed by atoms with Crippen LogP contribution in [0.1, 0.15) is 11.3 Å². The normalized spacial score (nSPS) is 12.3. The van der Waals surface area contributed by atoms with Crippen molar-refractivity contribution in [2.45, 2.75) is 13.1 Å². The smallest absolute Gasteiger partial charge is 0.344 e. The fourth-order valence-electron chi connectivity index (χ4n) is 1.31. The van der Waals surface area contributed by atoms with Crippen molar-refractivity contribution < 1.29 is 13.2 Å². The van der Waals surface area contributed by atoms with Crippen molar-refractivity contribution >= 4 is 11.0 Å². The zero-order chi connectivity index (χ0) is 10.3. The topological polar surface area (TPSA) is 28.7 Å². The maximum absolute atomic E-state index is 12.3. The van der Waals surface area contributed by atoms with Gasteiger partial charge in [-0.3, -0.25) is 0 Å². The van der Waals surface area contributed by atoms with E-state index in [1.165, 1.54) is 0 Å². The maximum Gasteiger partial charge on any atom is 0.417 e. The molecule has 0 fully saturated rings. The van der Waals surface area contributed by atoms with Gasteiger partial charge in [-0.25, -0.2) is 4.98 Å². The molecule has 0 aliphatic rings. The van der Waals surface area contributed by atoms with E-state index < -0.39 is 11.7 Å². The summed E-state index contributed by atoms with van der Waals surface area (Å²) in [7, 11) is 0. The standard InChI is InChI=1S/C9H7F3N2/c1-5-2-6-3-7(9(10,11)12)4-13-8(6)14-5/h2-4H,1H3,(H,13,14). The average molecular weight is 200 g/mol. The van der Waals surface area contributed by atoms with Gasteiger partial charge in [0.05, 0.1) is 5.56 Å². The molecule has 0 aromatic carbocycles. The number of fused-ring (bicyclic) bond motifs is 1. The molecule has 0 bridgehead atoms. The van der Waals surface area contributed by atoms with E-state index in [9.17, 15) is 13.2 Å². The van der Waals surface area contributed by atoms with Crippen LogP contribution in [0.25, 0.3) is 11.0 Å². The number of alkyl halides is 3. The van der Waals surface area contributed by atoms with Crippen molar-refractivity contribution in [1.29, 1.82) is 0 Å². The second-order valence-electron chi connectivity index (χ2n) is 3.11. The van der Waals surface area contributed by atoms with Crippen molar-refractivity contribution in [1.82, 2.24) is 9.97 Å². The number of aromatic nitrogens is 2. The fraction of sp³-hybridized carbons (Fsp3) is 0.222. The van der Waals surface area contributed by atoms with Crippen LogP contribution >= 0.6 is 0 Å². The fourth-order valence-corrected chi connectivity index (χ4v) is 1.31. The molecule has 0 aliphatic carbocycles. The molecule has 5 heteroatoms. The van der Waals surface area contributed by atoms with Crippen LogP contribution in [0.15, 0.2) is 18.3 Å². The van der Waals surface area contributed by atoms with Crippen LogP contribution in [0.2, 0.25) is 0 Å². The van der Waals surface area contributed by atoms with Crippen molar-refractivity contribution in [3.8, 4) is 0 Å². The van der Waals surface area contributed by atoms with E-state index in [1.807, 2.05) is 0 Å². The number of rotatable bonds is 0. The van der Waals surface area contributed by atoms with E-state index in [0.29, 0.717) is 11.0 Å². The van der Waals surface area contributed by atoms with Gasteiger partial charge in [-0.2, -0.15) is 13.2 Å². The maximum atomic E-state index is 12.3. The predicted molar refractivity (Wildman–Crippen MR) is 45.8 cm³/mol. The number of halogens is 3. The summed E-state index contributed by atoms with van der Waals surface area (Å²) in [6.45, 7) is 1.77. The number of nitrogens with one attached hydrogen (secondary N) is 1. The van der Waals surface area contributed by atoms with Gasteiger partial charge in [0, 0.05) is 17.3 Å². The van der Waals surface area contributed by atoms with Crippen molar-refractivity contribution in [2.75, 3.05) is 0 Å². The molecule has 0 radical (unpaired) electrons. The van der Waals surface area contributed by atoms with Gasteiger partial charge >= 0.3 is 6.18 Å². The molecule has 2 aromatic heterocycles. The summed E-state index contributed by atoms with van der Waals surface area (Å²) in [6, 6.07) is 2.73. The molecule has 1 N–H and O–H groups in total.